The van der Waals surface area contributed by atoms with Gasteiger partial charge in [-0.1, -0.05) is 0 Å². The molecule has 2 aromatic rings. The molecule has 0 spiro atoms. The van der Waals surface area contributed by atoms with Crippen LogP contribution in [0.3, 0.4) is 0 Å². The van der Waals surface area contributed by atoms with Crippen molar-refractivity contribution in [2.24, 2.45) is 0 Å². The Morgan fingerprint density at radius 1 is 1.40 bits per heavy atom. The molecule has 0 saturated heterocycles. The van der Waals surface area contributed by atoms with E-state index in [1.54, 1.807) is 12.3 Å². The number of fused-ring (bicyclic) bond motifs is 1. The van der Waals surface area contributed by atoms with Crippen LogP contribution in [-0.4, -0.2) is 14.6 Å². The van der Waals surface area contributed by atoms with E-state index in [1.807, 2.05) is 0 Å². The van der Waals surface area contributed by atoms with Gasteiger partial charge in [-0.2, -0.15) is 9.49 Å². The minimum absolute atomic E-state index is 0.442. The maximum absolute atomic E-state index is 12.7. The van der Waals surface area contributed by atoms with E-state index in [2.05, 4.69) is 10.1 Å². The van der Waals surface area contributed by atoms with Gasteiger partial charge in [0.25, 0.3) is 0 Å². The lowest BCUT2D eigenvalue weighted by Gasteiger charge is -1.90. The number of hydrogen-bond donors (Lipinski definition) is 0. The Kier molecular flexibility index (Phi) is 0.943. The van der Waals surface area contributed by atoms with Crippen LogP contribution in [0.15, 0.2) is 24.7 Å². The van der Waals surface area contributed by atoms with Gasteiger partial charge in [0.1, 0.15) is 0 Å². The van der Waals surface area contributed by atoms with Gasteiger partial charge < -0.3 is 0 Å². The first kappa shape index (κ1) is 5.34. The quantitative estimate of drug-likeness (QED) is 0.539. The third-order valence-electron chi connectivity index (χ3n) is 1.26. The number of halogens is 1. The molecule has 10 heavy (non-hydrogen) atoms. The van der Waals surface area contributed by atoms with Crippen LogP contribution in [0.1, 0.15) is 0 Å². The third kappa shape index (κ3) is 0.586. The summed E-state index contributed by atoms with van der Waals surface area (Å²) in [6, 6.07) is 1.69. The largest absolute Gasteiger partial charge is 0.258 e. The van der Waals surface area contributed by atoms with Gasteiger partial charge in [0.05, 0.1) is 24.1 Å². The van der Waals surface area contributed by atoms with Gasteiger partial charge >= 0.3 is 0 Å². The average molecular weight is 137 g/mol. The van der Waals surface area contributed by atoms with Gasteiger partial charge in [-0.25, -0.2) is 4.52 Å². The molecule has 0 amide bonds. The summed E-state index contributed by atoms with van der Waals surface area (Å²) in [5.41, 5.74) is 0.667. The fourth-order valence-electron chi connectivity index (χ4n) is 0.820. The summed E-state index contributed by atoms with van der Waals surface area (Å²) < 4.78 is 13.8. The molecule has 0 aliphatic heterocycles. The van der Waals surface area contributed by atoms with Crippen molar-refractivity contribution >= 4 is 5.52 Å². The summed E-state index contributed by atoms with van der Waals surface area (Å²) in [6.07, 6.45) is 4.20. The predicted octanol–water partition coefficient (Wildman–Crippen LogP) is 0.868. The highest BCUT2D eigenvalue weighted by atomic mass is 19.1. The van der Waals surface area contributed by atoms with E-state index in [9.17, 15) is 4.39 Å². The maximum Gasteiger partial charge on any atom is 0.233 e. The molecule has 0 aliphatic carbocycles. The minimum Gasteiger partial charge on any atom is -0.258 e. The van der Waals surface area contributed by atoms with Crippen LogP contribution in [0.4, 0.5) is 4.39 Å². The van der Waals surface area contributed by atoms with Crippen molar-refractivity contribution in [1.29, 1.82) is 0 Å². The van der Waals surface area contributed by atoms with Crippen molar-refractivity contribution in [2.75, 3.05) is 0 Å². The lowest BCUT2D eigenvalue weighted by Crippen LogP contribution is -1.93. The number of rotatable bonds is 0. The Morgan fingerprint density at radius 2 is 2.30 bits per heavy atom. The number of aromatic nitrogens is 3. The first-order valence-corrected chi connectivity index (χ1v) is 2.81. The lowest BCUT2D eigenvalue weighted by atomic mass is 10.5. The zero-order valence-electron chi connectivity index (χ0n) is 5.03. The van der Waals surface area contributed by atoms with Crippen LogP contribution in [0.25, 0.3) is 5.52 Å². The molecule has 2 rings (SSSR count). The molecule has 3 nitrogen and oxygen atoms in total. The zero-order valence-corrected chi connectivity index (χ0v) is 5.03. The molecule has 0 aromatic carbocycles. The van der Waals surface area contributed by atoms with E-state index in [0.29, 0.717) is 5.52 Å². The molecule has 0 N–H and O–H groups in total. The van der Waals surface area contributed by atoms with E-state index in [4.69, 9.17) is 0 Å². The van der Waals surface area contributed by atoms with Gasteiger partial charge in [0.15, 0.2) is 0 Å². The third-order valence-corrected chi connectivity index (χ3v) is 1.26. The second-order valence-corrected chi connectivity index (χ2v) is 1.90. The summed E-state index contributed by atoms with van der Waals surface area (Å²) in [4.78, 5) is 3.65. The van der Waals surface area contributed by atoms with Crippen molar-refractivity contribution < 1.29 is 4.39 Å². The molecule has 0 aliphatic rings. The van der Waals surface area contributed by atoms with Crippen LogP contribution in [0.2, 0.25) is 0 Å². The molecule has 0 bridgehead atoms. The normalized spacial score (nSPS) is 10.5. The number of hydrogen-bond acceptors (Lipinski definition) is 2. The van der Waals surface area contributed by atoms with Crippen molar-refractivity contribution in [3.05, 3.63) is 30.6 Å². The second-order valence-electron chi connectivity index (χ2n) is 1.90. The first-order chi connectivity index (χ1) is 4.88. The minimum atomic E-state index is -0.442. The van der Waals surface area contributed by atoms with Gasteiger partial charge in [0, 0.05) is 0 Å². The van der Waals surface area contributed by atoms with Crippen LogP contribution < -0.4 is 0 Å². The summed E-state index contributed by atoms with van der Waals surface area (Å²) >= 11 is 0. The van der Waals surface area contributed by atoms with E-state index in [-0.39, 0.29) is 0 Å². The highest BCUT2D eigenvalue weighted by Crippen LogP contribution is 2.00. The van der Waals surface area contributed by atoms with Crippen molar-refractivity contribution in [3.8, 4) is 0 Å². The lowest BCUT2D eigenvalue weighted by molar-refractivity contribution is 0.539. The molecule has 2 aromatic heterocycles. The van der Waals surface area contributed by atoms with Crippen LogP contribution in [-0.2, 0) is 0 Å². The summed E-state index contributed by atoms with van der Waals surface area (Å²) in [6.45, 7) is 0. The average Bonchev–Trinajstić information content (AvgIpc) is 2.36. The summed E-state index contributed by atoms with van der Waals surface area (Å²) in [5.74, 6) is -0.442. The van der Waals surface area contributed by atoms with E-state index >= 15 is 0 Å². The number of nitrogens with zero attached hydrogens (tertiary/aromatic N) is 3. The topological polar surface area (TPSA) is 30.2 Å². The SMILES string of the molecule is Fc1cncc2ccnn12. The molecule has 0 fully saturated rings. The Bertz CT molecular complexity index is 355. The molecule has 4 heteroatoms. The Balaban J connectivity index is 2.95. The van der Waals surface area contributed by atoms with E-state index in [0.717, 1.165) is 6.20 Å². The molecular formula is C6H4FN3. The smallest absolute Gasteiger partial charge is 0.233 e. The molecule has 0 unspecified atom stereocenters. The molecule has 0 radical (unpaired) electrons. The Labute approximate surface area is 56.1 Å². The van der Waals surface area contributed by atoms with Crippen molar-refractivity contribution in [3.63, 3.8) is 0 Å². The van der Waals surface area contributed by atoms with Crippen LogP contribution in [0, 0.1) is 5.95 Å². The molecule has 0 saturated carbocycles. The van der Waals surface area contributed by atoms with Crippen LogP contribution in [0.5, 0.6) is 0 Å². The monoisotopic (exact) mass is 137 g/mol. The highest BCUT2D eigenvalue weighted by Gasteiger charge is 1.96. The highest BCUT2D eigenvalue weighted by molar-refractivity contribution is 5.41. The molecule has 0 atom stereocenters. The van der Waals surface area contributed by atoms with Crippen LogP contribution >= 0.6 is 0 Å². The maximum atomic E-state index is 12.7. The van der Waals surface area contributed by atoms with E-state index < -0.39 is 5.95 Å². The molecule has 2 heterocycles. The fourth-order valence-corrected chi connectivity index (χ4v) is 0.820. The Hall–Kier alpha value is -1.45. The molecular weight excluding hydrogens is 133 g/mol. The zero-order chi connectivity index (χ0) is 6.97. The molecule has 50 valence electrons. The fraction of sp³-hybridized carbons (Fsp3) is 0. The second kappa shape index (κ2) is 1.76. The van der Waals surface area contributed by atoms with Crippen molar-refractivity contribution in [1.82, 2.24) is 14.6 Å². The predicted molar refractivity (Wildman–Crippen MR) is 32.9 cm³/mol. The standard InChI is InChI=1S/C6H4FN3/c7-6-4-8-3-5-1-2-9-10(5)6/h1-4H. The first-order valence-electron chi connectivity index (χ1n) is 2.81. The van der Waals surface area contributed by atoms with Crippen molar-refractivity contribution in [2.45, 2.75) is 0 Å². The van der Waals surface area contributed by atoms with Gasteiger partial charge in [0.2, 0.25) is 5.95 Å². The van der Waals surface area contributed by atoms with Gasteiger partial charge in [-0.3, -0.25) is 4.98 Å². The summed E-state index contributed by atoms with van der Waals surface area (Å²) in [5, 5.41) is 3.72. The van der Waals surface area contributed by atoms with E-state index in [1.165, 1.54) is 10.7 Å². The van der Waals surface area contributed by atoms with Gasteiger partial charge in [-0.05, 0) is 6.07 Å². The Morgan fingerprint density at radius 3 is 3.10 bits per heavy atom. The summed E-state index contributed by atoms with van der Waals surface area (Å²) in [7, 11) is 0. The van der Waals surface area contributed by atoms with Gasteiger partial charge in [-0.15, -0.1) is 0 Å².